The Morgan fingerprint density at radius 3 is 1.43 bits per heavy atom. The standard InChI is InChI=1S/C31H36O4/c1-7-19-11-15-25(21(9-3)17-19)34-29(32)27-23-13-14-24(31(23,5)6)28(27)30(33)35-26-16-12-20(8-2)18-22(26)10-4/h11-18,23-24H,7-10H2,1-6H3. The van der Waals surface area contributed by atoms with Crippen molar-refractivity contribution in [2.45, 2.75) is 67.2 Å². The molecule has 0 aromatic heterocycles. The summed E-state index contributed by atoms with van der Waals surface area (Å²) in [6.45, 7) is 12.5. The normalized spacial score (nSPS) is 19.8. The first kappa shape index (κ1) is 25.0. The molecule has 0 radical (unpaired) electrons. The average Bonchev–Trinajstić information content (AvgIpc) is 3.28. The van der Waals surface area contributed by atoms with E-state index in [9.17, 15) is 9.59 Å². The van der Waals surface area contributed by atoms with E-state index in [-0.39, 0.29) is 17.3 Å². The number of rotatable bonds is 8. The van der Waals surface area contributed by atoms with Crippen LogP contribution in [0.25, 0.3) is 0 Å². The summed E-state index contributed by atoms with van der Waals surface area (Å²) in [4.78, 5) is 27.1. The third kappa shape index (κ3) is 4.47. The molecule has 35 heavy (non-hydrogen) atoms. The minimum atomic E-state index is -0.460. The number of benzene rings is 2. The molecule has 0 amide bonds. The fraction of sp³-hybridized carbons (Fsp3) is 0.419. The summed E-state index contributed by atoms with van der Waals surface area (Å²) < 4.78 is 11.9. The maximum absolute atomic E-state index is 13.6. The molecule has 0 saturated heterocycles. The molecule has 0 heterocycles. The van der Waals surface area contributed by atoms with Crippen LogP contribution in [0.2, 0.25) is 0 Å². The molecular weight excluding hydrogens is 436 g/mol. The molecule has 0 spiro atoms. The molecule has 2 aromatic rings. The van der Waals surface area contributed by atoms with Gasteiger partial charge in [-0.2, -0.15) is 0 Å². The Balaban J connectivity index is 1.68. The van der Waals surface area contributed by atoms with Crippen LogP contribution in [0.4, 0.5) is 0 Å². The fourth-order valence-electron chi connectivity index (χ4n) is 5.42. The first-order valence-corrected chi connectivity index (χ1v) is 12.8. The van der Waals surface area contributed by atoms with Gasteiger partial charge in [0.1, 0.15) is 11.5 Å². The van der Waals surface area contributed by atoms with Crippen LogP contribution in [0.3, 0.4) is 0 Å². The second-order valence-electron chi connectivity index (χ2n) is 10.1. The lowest BCUT2D eigenvalue weighted by Crippen LogP contribution is -2.24. The van der Waals surface area contributed by atoms with Crippen molar-refractivity contribution in [2.75, 3.05) is 0 Å². The Kier molecular flexibility index (Phi) is 7.02. The van der Waals surface area contributed by atoms with Crippen LogP contribution in [-0.2, 0) is 35.3 Å². The zero-order valence-electron chi connectivity index (χ0n) is 21.7. The van der Waals surface area contributed by atoms with Gasteiger partial charge in [-0.15, -0.1) is 0 Å². The van der Waals surface area contributed by atoms with E-state index in [1.165, 1.54) is 11.1 Å². The van der Waals surface area contributed by atoms with Gasteiger partial charge in [0, 0.05) is 11.8 Å². The van der Waals surface area contributed by atoms with E-state index in [1.807, 2.05) is 50.3 Å². The van der Waals surface area contributed by atoms with Gasteiger partial charge in [0.2, 0.25) is 0 Å². The van der Waals surface area contributed by atoms with E-state index >= 15 is 0 Å². The van der Waals surface area contributed by atoms with Gasteiger partial charge in [0.25, 0.3) is 0 Å². The number of carbonyl (C=O) groups is 2. The second-order valence-corrected chi connectivity index (χ2v) is 10.1. The third-order valence-corrected chi connectivity index (χ3v) is 7.68. The number of hydrogen-bond donors (Lipinski definition) is 0. The molecule has 2 aliphatic carbocycles. The van der Waals surface area contributed by atoms with Crippen LogP contribution in [0.1, 0.15) is 63.8 Å². The van der Waals surface area contributed by atoms with Gasteiger partial charge < -0.3 is 9.47 Å². The van der Waals surface area contributed by atoms with Crippen LogP contribution in [0.15, 0.2) is 59.7 Å². The van der Waals surface area contributed by atoms with Crippen molar-refractivity contribution >= 4 is 11.9 Å². The summed E-state index contributed by atoms with van der Waals surface area (Å²) in [6.07, 6.45) is 7.43. The molecule has 4 nitrogen and oxygen atoms in total. The van der Waals surface area contributed by atoms with E-state index in [2.05, 4.69) is 39.8 Å². The first-order valence-electron chi connectivity index (χ1n) is 12.8. The Labute approximate surface area is 209 Å². The monoisotopic (exact) mass is 472 g/mol. The number of carbonyl (C=O) groups excluding carboxylic acids is 2. The van der Waals surface area contributed by atoms with Crippen molar-refractivity contribution in [3.8, 4) is 11.5 Å². The molecule has 2 aromatic carbocycles. The summed E-state index contributed by atoms with van der Waals surface area (Å²) >= 11 is 0. The largest absolute Gasteiger partial charge is 0.423 e. The highest BCUT2D eigenvalue weighted by atomic mass is 16.5. The van der Waals surface area contributed by atoms with Crippen molar-refractivity contribution in [3.63, 3.8) is 0 Å². The maximum Gasteiger partial charge on any atom is 0.340 e. The quantitative estimate of drug-likeness (QED) is 0.247. The molecule has 4 rings (SSSR count). The molecular formula is C31H36O4. The molecule has 2 aliphatic rings. The molecule has 0 N–H and O–H groups in total. The van der Waals surface area contributed by atoms with Gasteiger partial charge in [-0.25, -0.2) is 9.59 Å². The van der Waals surface area contributed by atoms with Crippen LogP contribution in [-0.4, -0.2) is 11.9 Å². The average molecular weight is 473 g/mol. The van der Waals surface area contributed by atoms with E-state index in [1.54, 1.807) is 0 Å². The molecule has 0 saturated carbocycles. The van der Waals surface area contributed by atoms with Crippen LogP contribution < -0.4 is 9.47 Å². The van der Waals surface area contributed by atoms with E-state index in [0.29, 0.717) is 22.6 Å². The van der Waals surface area contributed by atoms with Gasteiger partial charge in [0.05, 0.1) is 11.1 Å². The number of aryl methyl sites for hydroxylation is 4. The third-order valence-electron chi connectivity index (χ3n) is 7.68. The Morgan fingerprint density at radius 1 is 0.686 bits per heavy atom. The number of fused-ring (bicyclic) bond motifs is 2. The second kappa shape index (κ2) is 9.85. The molecule has 2 unspecified atom stereocenters. The van der Waals surface area contributed by atoms with Crippen molar-refractivity contribution in [2.24, 2.45) is 17.3 Å². The predicted molar refractivity (Wildman–Crippen MR) is 139 cm³/mol. The van der Waals surface area contributed by atoms with Crippen molar-refractivity contribution in [1.82, 2.24) is 0 Å². The topological polar surface area (TPSA) is 52.6 Å². The van der Waals surface area contributed by atoms with Gasteiger partial charge in [-0.05, 0) is 65.5 Å². The lowest BCUT2D eigenvalue weighted by molar-refractivity contribution is -0.133. The highest BCUT2D eigenvalue weighted by Gasteiger charge is 2.55. The Morgan fingerprint density at radius 2 is 1.09 bits per heavy atom. The van der Waals surface area contributed by atoms with Crippen molar-refractivity contribution in [1.29, 1.82) is 0 Å². The SMILES string of the molecule is CCc1ccc(OC(=O)C2=C(C(=O)Oc3ccc(CC)cc3CC)C3C=CC2C3(C)C)c(CC)c1. The predicted octanol–water partition coefficient (Wildman–Crippen LogP) is 6.59. The summed E-state index contributed by atoms with van der Waals surface area (Å²) in [7, 11) is 0. The first-order chi connectivity index (χ1) is 16.7. The zero-order chi connectivity index (χ0) is 25.3. The molecule has 184 valence electrons. The molecule has 0 aliphatic heterocycles. The van der Waals surface area contributed by atoms with Gasteiger partial charge in [-0.3, -0.25) is 0 Å². The maximum atomic E-state index is 13.6. The summed E-state index contributed by atoms with van der Waals surface area (Å²) in [6, 6.07) is 11.9. The fourth-order valence-corrected chi connectivity index (χ4v) is 5.42. The van der Waals surface area contributed by atoms with E-state index in [4.69, 9.17) is 9.47 Å². The minimum absolute atomic E-state index is 0.185. The number of hydrogen-bond acceptors (Lipinski definition) is 4. The van der Waals surface area contributed by atoms with Crippen LogP contribution in [0, 0.1) is 17.3 Å². The lowest BCUT2D eigenvalue weighted by atomic mass is 9.77. The molecule has 0 fully saturated rings. The minimum Gasteiger partial charge on any atom is -0.423 e. The molecule has 2 atom stereocenters. The summed E-state index contributed by atoms with van der Waals surface area (Å²) in [5.41, 5.74) is 4.95. The van der Waals surface area contributed by atoms with Crippen LogP contribution in [0.5, 0.6) is 11.5 Å². The smallest absolute Gasteiger partial charge is 0.340 e. The van der Waals surface area contributed by atoms with E-state index in [0.717, 1.165) is 36.8 Å². The number of esters is 2. The molecule has 4 heteroatoms. The van der Waals surface area contributed by atoms with Gasteiger partial charge >= 0.3 is 11.9 Å². The van der Waals surface area contributed by atoms with E-state index < -0.39 is 11.9 Å². The highest BCUT2D eigenvalue weighted by Crippen LogP contribution is 2.57. The van der Waals surface area contributed by atoms with Crippen LogP contribution >= 0.6 is 0 Å². The van der Waals surface area contributed by atoms with Gasteiger partial charge in [0.15, 0.2) is 0 Å². The summed E-state index contributed by atoms with van der Waals surface area (Å²) in [5, 5.41) is 0. The Hall–Kier alpha value is -3.14. The van der Waals surface area contributed by atoms with Gasteiger partial charge in [-0.1, -0.05) is 78.0 Å². The Bertz CT molecular complexity index is 1120. The molecule has 2 bridgehead atoms. The highest BCUT2D eigenvalue weighted by molar-refractivity contribution is 6.05. The zero-order valence-corrected chi connectivity index (χ0v) is 21.7. The van der Waals surface area contributed by atoms with Crippen molar-refractivity contribution in [3.05, 3.63) is 82.0 Å². The number of ether oxygens (including phenoxy) is 2. The number of allylic oxidation sites excluding steroid dienone is 2. The lowest BCUT2D eigenvalue weighted by Gasteiger charge is -2.26. The summed E-state index contributed by atoms with van der Waals surface area (Å²) in [5.74, 6) is -0.173. The van der Waals surface area contributed by atoms with Crippen molar-refractivity contribution < 1.29 is 19.1 Å².